The topological polar surface area (TPSA) is 3.88 Å². The highest BCUT2D eigenvalue weighted by atomic mass is 28.3. The minimum absolute atomic E-state index is 0.131. The molecule has 0 aliphatic heterocycles. The molecule has 1 aromatic heterocycles. The summed E-state index contributed by atoms with van der Waals surface area (Å²) in [5.74, 6) is 0. The van der Waals surface area contributed by atoms with Crippen molar-refractivity contribution in [2.24, 2.45) is 7.05 Å². The molecule has 164 valence electrons. The smallest absolute Gasteiger partial charge is 0.200 e. The van der Waals surface area contributed by atoms with Crippen molar-refractivity contribution in [3.63, 3.8) is 0 Å². The normalized spacial score (nSPS) is 12.3. The Labute approximate surface area is 194 Å². The minimum Gasteiger partial charge on any atom is -0.200 e. The molecule has 0 unspecified atom stereocenters. The first kappa shape index (κ1) is 22.5. The first-order valence-corrected chi connectivity index (χ1v) is 14.9. The van der Waals surface area contributed by atoms with Crippen molar-refractivity contribution < 1.29 is 4.57 Å². The zero-order valence-electron chi connectivity index (χ0n) is 20.7. The fraction of sp³-hybridized carbons (Fsp3) is 0.300. The number of hydrogen-bond acceptors (Lipinski definition) is 0. The molecule has 4 rings (SSSR count). The fourth-order valence-corrected chi connectivity index (χ4v) is 7.22. The number of rotatable bonds is 4. The predicted molar refractivity (Wildman–Crippen MR) is 141 cm³/mol. The van der Waals surface area contributed by atoms with Crippen molar-refractivity contribution in [3.05, 3.63) is 95.7 Å². The van der Waals surface area contributed by atoms with E-state index in [1.165, 1.54) is 50.0 Å². The van der Waals surface area contributed by atoms with Gasteiger partial charge >= 0.3 is 0 Å². The van der Waals surface area contributed by atoms with E-state index in [0.717, 1.165) is 0 Å². The summed E-state index contributed by atoms with van der Waals surface area (Å²) in [5, 5.41) is 4.19. The Balaban J connectivity index is 1.83. The van der Waals surface area contributed by atoms with E-state index in [9.17, 15) is 0 Å². The molecular formula is C30H36NSi+. The van der Waals surface area contributed by atoms with E-state index in [-0.39, 0.29) is 5.41 Å². The highest BCUT2D eigenvalue weighted by Crippen LogP contribution is 2.32. The second kappa shape index (κ2) is 8.33. The van der Waals surface area contributed by atoms with Gasteiger partial charge in [-0.2, -0.15) is 0 Å². The van der Waals surface area contributed by atoms with Crippen LogP contribution in [0.4, 0.5) is 0 Å². The van der Waals surface area contributed by atoms with Crippen LogP contribution in [0.2, 0.25) is 13.1 Å². The second-order valence-corrected chi connectivity index (χ2v) is 15.6. The Kier molecular flexibility index (Phi) is 5.85. The van der Waals surface area contributed by atoms with E-state index >= 15 is 0 Å². The van der Waals surface area contributed by atoms with Gasteiger partial charge in [-0.3, -0.25) is 0 Å². The number of benzene rings is 3. The van der Waals surface area contributed by atoms with Crippen molar-refractivity contribution in [1.82, 2.24) is 0 Å². The molecule has 4 aromatic rings. The van der Waals surface area contributed by atoms with Crippen LogP contribution in [0.1, 0.15) is 37.5 Å². The van der Waals surface area contributed by atoms with Crippen molar-refractivity contribution >= 4 is 24.0 Å². The number of fused-ring (bicyclic) bond motifs is 1. The number of hydrogen-bond donors (Lipinski definition) is 0. The van der Waals surface area contributed by atoms with Crippen LogP contribution < -0.4 is 9.75 Å². The summed E-state index contributed by atoms with van der Waals surface area (Å²) in [6, 6.07) is 28.5. The number of aryl methyl sites for hydroxylation is 2. The quantitative estimate of drug-likeness (QED) is 0.248. The average Bonchev–Trinajstić information content (AvgIpc) is 2.73. The van der Waals surface area contributed by atoms with Crippen LogP contribution in [-0.4, -0.2) is 8.07 Å². The Bertz CT molecular complexity index is 1260. The van der Waals surface area contributed by atoms with Gasteiger partial charge in [-0.25, -0.2) is 4.57 Å². The number of aromatic nitrogens is 1. The van der Waals surface area contributed by atoms with Gasteiger partial charge in [-0.1, -0.05) is 99.2 Å². The molecule has 1 heterocycles. The largest absolute Gasteiger partial charge is 0.220 e. The SMILES string of the molecule is Cc1ccc(C(C)(C)C)cc1-c1c2ccc([Si](C)(C)Cc3ccccc3)cc2cc[n+]1C. The van der Waals surface area contributed by atoms with Crippen LogP contribution in [0, 0.1) is 6.92 Å². The van der Waals surface area contributed by atoms with Crippen LogP contribution in [0.25, 0.3) is 22.0 Å². The summed E-state index contributed by atoms with van der Waals surface area (Å²) < 4.78 is 2.28. The standard InChI is InChI=1S/C30H36NSi/c1-22-13-14-25(30(2,3)4)20-28(22)29-27-16-15-26(19-24(27)17-18-31(29)5)32(6,7)21-23-11-9-8-10-12-23/h8-20H,21H2,1-7H3/q+1. The lowest BCUT2D eigenvalue weighted by molar-refractivity contribution is -0.659. The van der Waals surface area contributed by atoms with Gasteiger partial charge in [0.15, 0.2) is 6.20 Å². The molecule has 0 fully saturated rings. The first-order valence-electron chi connectivity index (χ1n) is 11.6. The van der Waals surface area contributed by atoms with E-state index in [2.05, 4.69) is 131 Å². The molecule has 0 N–H and O–H groups in total. The van der Waals surface area contributed by atoms with E-state index < -0.39 is 8.07 Å². The van der Waals surface area contributed by atoms with Gasteiger partial charge < -0.3 is 0 Å². The third-order valence-electron chi connectivity index (χ3n) is 6.77. The van der Waals surface area contributed by atoms with Gasteiger partial charge in [0.1, 0.15) is 7.05 Å². The molecule has 1 nitrogen and oxygen atoms in total. The van der Waals surface area contributed by atoms with Gasteiger partial charge in [0.05, 0.1) is 13.5 Å². The van der Waals surface area contributed by atoms with Crippen LogP contribution >= 0.6 is 0 Å². The molecule has 0 atom stereocenters. The van der Waals surface area contributed by atoms with Crippen LogP contribution in [-0.2, 0) is 18.5 Å². The molecule has 32 heavy (non-hydrogen) atoms. The van der Waals surface area contributed by atoms with Gasteiger partial charge in [0.25, 0.3) is 0 Å². The Morgan fingerprint density at radius 3 is 2.25 bits per heavy atom. The van der Waals surface area contributed by atoms with E-state index in [1.54, 1.807) is 0 Å². The zero-order chi connectivity index (χ0) is 23.1. The zero-order valence-corrected chi connectivity index (χ0v) is 21.7. The molecule has 0 saturated carbocycles. The van der Waals surface area contributed by atoms with Crippen LogP contribution in [0.3, 0.4) is 0 Å². The van der Waals surface area contributed by atoms with E-state index in [4.69, 9.17) is 0 Å². The molecular weight excluding hydrogens is 402 g/mol. The lowest BCUT2D eigenvalue weighted by Gasteiger charge is -2.24. The summed E-state index contributed by atoms with van der Waals surface area (Å²) in [6.45, 7) is 14.1. The van der Waals surface area contributed by atoms with E-state index in [0.29, 0.717) is 0 Å². The van der Waals surface area contributed by atoms with Crippen molar-refractivity contribution in [1.29, 1.82) is 0 Å². The summed E-state index contributed by atoms with van der Waals surface area (Å²) in [7, 11) is 0.567. The Morgan fingerprint density at radius 2 is 1.56 bits per heavy atom. The molecule has 0 spiro atoms. The monoisotopic (exact) mass is 438 g/mol. The van der Waals surface area contributed by atoms with Gasteiger partial charge in [-0.15, -0.1) is 0 Å². The summed E-state index contributed by atoms with van der Waals surface area (Å²) in [4.78, 5) is 0. The fourth-order valence-electron chi connectivity index (χ4n) is 4.68. The lowest BCUT2D eigenvalue weighted by atomic mass is 9.84. The number of pyridine rings is 1. The Hall–Kier alpha value is -2.71. The van der Waals surface area contributed by atoms with Crippen molar-refractivity contribution in [2.75, 3.05) is 0 Å². The molecule has 0 bridgehead atoms. The molecule has 0 amide bonds. The maximum Gasteiger partial charge on any atom is 0.220 e. The third kappa shape index (κ3) is 4.42. The maximum absolute atomic E-state index is 2.49. The molecule has 0 aliphatic carbocycles. The third-order valence-corrected chi connectivity index (χ3v) is 9.93. The predicted octanol–water partition coefficient (Wildman–Crippen LogP) is 6.63. The summed E-state index contributed by atoms with van der Waals surface area (Å²) in [5.41, 5.74) is 6.91. The number of nitrogens with zero attached hydrogens (tertiary/aromatic N) is 1. The first-order chi connectivity index (χ1) is 15.1. The maximum atomic E-state index is 2.49. The van der Waals surface area contributed by atoms with Crippen LogP contribution in [0.15, 0.2) is 79.0 Å². The van der Waals surface area contributed by atoms with Gasteiger partial charge in [-0.05, 0) is 47.0 Å². The minimum atomic E-state index is -1.60. The highest BCUT2D eigenvalue weighted by molar-refractivity contribution is 6.89. The molecule has 3 aromatic carbocycles. The van der Waals surface area contributed by atoms with Gasteiger partial charge in [0.2, 0.25) is 5.69 Å². The second-order valence-electron chi connectivity index (χ2n) is 10.9. The summed E-state index contributed by atoms with van der Waals surface area (Å²) >= 11 is 0. The highest BCUT2D eigenvalue weighted by Gasteiger charge is 2.26. The van der Waals surface area contributed by atoms with Crippen molar-refractivity contribution in [2.45, 2.75) is 52.2 Å². The average molecular weight is 439 g/mol. The van der Waals surface area contributed by atoms with Crippen LogP contribution in [0.5, 0.6) is 0 Å². The van der Waals surface area contributed by atoms with Crippen molar-refractivity contribution in [3.8, 4) is 11.3 Å². The molecule has 0 aliphatic rings. The molecule has 0 saturated heterocycles. The Morgan fingerprint density at radius 1 is 0.844 bits per heavy atom. The summed E-state index contributed by atoms with van der Waals surface area (Å²) in [6.07, 6.45) is 2.22. The lowest BCUT2D eigenvalue weighted by Crippen LogP contribution is -2.44. The molecule has 2 heteroatoms. The van der Waals surface area contributed by atoms with E-state index in [1.807, 2.05) is 0 Å². The van der Waals surface area contributed by atoms with Gasteiger partial charge in [0, 0.05) is 11.6 Å². The molecule has 0 radical (unpaired) electrons.